The van der Waals surface area contributed by atoms with E-state index in [-0.39, 0.29) is 23.3 Å². The zero-order chi connectivity index (χ0) is 30.9. The third-order valence-corrected chi connectivity index (χ3v) is 6.95. The minimum Gasteiger partial charge on any atom is -0.494 e. The van der Waals surface area contributed by atoms with Crippen molar-refractivity contribution in [1.82, 2.24) is 25.6 Å². The van der Waals surface area contributed by atoms with Gasteiger partial charge in [0.2, 0.25) is 11.9 Å². The van der Waals surface area contributed by atoms with Crippen LogP contribution in [0.15, 0.2) is 48.5 Å². The molecule has 12 nitrogen and oxygen atoms in total. The first-order chi connectivity index (χ1) is 20.5. The van der Waals surface area contributed by atoms with Crippen molar-refractivity contribution in [3.05, 3.63) is 59.7 Å². The summed E-state index contributed by atoms with van der Waals surface area (Å²) in [6.45, 7) is 6.82. The van der Waals surface area contributed by atoms with Crippen molar-refractivity contribution in [3.8, 4) is 11.8 Å². The van der Waals surface area contributed by atoms with Crippen LogP contribution in [0.25, 0.3) is 0 Å². The fourth-order valence-corrected chi connectivity index (χ4v) is 4.38. The van der Waals surface area contributed by atoms with E-state index in [1.807, 2.05) is 24.3 Å². The minimum absolute atomic E-state index is 0.163. The lowest BCUT2D eigenvalue weighted by Crippen LogP contribution is -2.34. The van der Waals surface area contributed by atoms with Gasteiger partial charge in [0, 0.05) is 29.7 Å². The Labute approximate surface area is 259 Å². The molecule has 2 aromatic carbocycles. The lowest BCUT2D eigenvalue weighted by atomic mass is 10.1. The number of halogens is 1. The lowest BCUT2D eigenvalue weighted by Gasteiger charge is -2.19. The van der Waals surface area contributed by atoms with Crippen LogP contribution in [0.3, 0.4) is 0 Å². The predicted octanol–water partition coefficient (Wildman–Crippen LogP) is 5.23. The Morgan fingerprint density at radius 3 is 2.26 bits per heavy atom. The first kappa shape index (κ1) is 31.8. The summed E-state index contributed by atoms with van der Waals surface area (Å²) in [4.78, 5) is 36.7. The number of amides is 2. The first-order valence-corrected chi connectivity index (χ1v) is 15.3. The second-order valence-electron chi connectivity index (χ2n) is 11.1. The average Bonchev–Trinajstić information content (AvgIpc) is 3.72. The molecule has 0 radical (unpaired) electrons. The van der Waals surface area contributed by atoms with Gasteiger partial charge in [-0.25, -0.2) is 4.79 Å². The molecule has 1 aliphatic carbocycles. The third kappa shape index (κ3) is 9.98. The highest BCUT2D eigenvalue weighted by Crippen LogP contribution is 2.48. The van der Waals surface area contributed by atoms with Crippen molar-refractivity contribution in [2.24, 2.45) is 0 Å². The number of rotatable bonds is 14. The largest absolute Gasteiger partial charge is 0.494 e. The van der Waals surface area contributed by atoms with Crippen molar-refractivity contribution in [2.75, 3.05) is 35.7 Å². The van der Waals surface area contributed by atoms with Crippen LogP contribution in [-0.2, 0) is 10.3 Å². The van der Waals surface area contributed by atoms with E-state index < -0.39 is 17.7 Å². The zero-order valence-electron chi connectivity index (χ0n) is 24.6. The van der Waals surface area contributed by atoms with Gasteiger partial charge in [-0.1, -0.05) is 28.1 Å². The number of alkyl halides is 1. The van der Waals surface area contributed by atoms with Gasteiger partial charge >= 0.3 is 12.1 Å². The van der Waals surface area contributed by atoms with Crippen LogP contribution in [0.2, 0.25) is 0 Å². The maximum absolute atomic E-state index is 12.5. The number of nitrogens with zero attached hydrogens (tertiary/aromatic N) is 3. The molecule has 13 heteroatoms. The molecular formula is C30H38BrN7O5. The Morgan fingerprint density at radius 1 is 0.930 bits per heavy atom. The Morgan fingerprint density at radius 2 is 1.60 bits per heavy atom. The summed E-state index contributed by atoms with van der Waals surface area (Å²) in [6, 6.07) is 14.3. The molecule has 0 spiro atoms. The number of carbonyl (C=O) groups is 2. The summed E-state index contributed by atoms with van der Waals surface area (Å²) >= 11 is 3.40. The molecule has 3 aromatic rings. The van der Waals surface area contributed by atoms with Crippen molar-refractivity contribution in [3.63, 3.8) is 0 Å². The molecule has 1 aromatic heterocycles. The fraction of sp³-hybridized carbons (Fsp3) is 0.433. The predicted molar refractivity (Wildman–Crippen MR) is 167 cm³/mol. The summed E-state index contributed by atoms with van der Waals surface area (Å²) < 4.78 is 10.9. The van der Waals surface area contributed by atoms with Crippen LogP contribution in [0.4, 0.5) is 22.4 Å². The molecule has 0 unspecified atom stereocenters. The van der Waals surface area contributed by atoms with Crippen LogP contribution in [0.5, 0.6) is 11.8 Å². The molecule has 5 N–H and O–H groups in total. The zero-order valence-corrected chi connectivity index (χ0v) is 26.2. The lowest BCUT2D eigenvalue weighted by molar-refractivity contribution is 0.0527. The minimum atomic E-state index is -0.558. The molecule has 230 valence electrons. The van der Waals surface area contributed by atoms with Crippen LogP contribution < -0.4 is 26.0 Å². The van der Waals surface area contributed by atoms with Gasteiger partial charge in [-0.05, 0) is 88.4 Å². The molecule has 0 aliphatic heterocycles. The van der Waals surface area contributed by atoms with Gasteiger partial charge in [-0.3, -0.25) is 4.79 Å². The van der Waals surface area contributed by atoms with E-state index in [1.165, 1.54) is 0 Å². The number of aromatic nitrogens is 3. The number of nitrogens with one attached hydrogen (secondary N) is 4. The summed E-state index contributed by atoms with van der Waals surface area (Å²) in [5.74, 6) is 1.00. The SMILES string of the molecule is CC(C)(C)OC(=O)NCCCNC(=O)c1ccc(Nc2nc(O)nc(NC3(c4ccc(OCCCBr)cc4)CC3)n2)cc1. The molecule has 0 atom stereocenters. The second kappa shape index (κ2) is 14.4. The van der Waals surface area contributed by atoms with Crippen molar-refractivity contribution in [2.45, 2.75) is 57.6 Å². The smallest absolute Gasteiger partial charge is 0.407 e. The number of aromatic hydroxyl groups is 1. The molecule has 2 amide bonds. The number of hydrogen-bond acceptors (Lipinski definition) is 10. The Balaban J connectivity index is 1.27. The molecule has 1 heterocycles. The van der Waals surface area contributed by atoms with Crippen LogP contribution in [0.1, 0.15) is 62.4 Å². The van der Waals surface area contributed by atoms with Gasteiger partial charge in [0.25, 0.3) is 5.91 Å². The molecular weight excluding hydrogens is 618 g/mol. The fourth-order valence-electron chi connectivity index (χ4n) is 4.15. The Hall–Kier alpha value is -4.13. The number of alkyl carbamates (subject to hydrolysis) is 1. The van der Waals surface area contributed by atoms with E-state index in [4.69, 9.17) is 9.47 Å². The van der Waals surface area contributed by atoms with Gasteiger partial charge in [0.05, 0.1) is 12.1 Å². The summed E-state index contributed by atoms with van der Waals surface area (Å²) in [7, 11) is 0. The number of hydrogen-bond donors (Lipinski definition) is 5. The number of anilines is 3. The van der Waals surface area contributed by atoms with Crippen LogP contribution in [-0.4, -0.2) is 62.7 Å². The van der Waals surface area contributed by atoms with Crippen molar-refractivity contribution in [1.29, 1.82) is 0 Å². The molecule has 4 rings (SSSR count). The van der Waals surface area contributed by atoms with Crippen molar-refractivity contribution >= 4 is 45.5 Å². The van der Waals surface area contributed by atoms with Crippen LogP contribution in [0, 0.1) is 0 Å². The number of carbonyl (C=O) groups excluding carboxylic acids is 2. The highest BCUT2D eigenvalue weighted by Gasteiger charge is 2.45. The number of ether oxygens (including phenoxy) is 2. The van der Waals surface area contributed by atoms with E-state index >= 15 is 0 Å². The second-order valence-corrected chi connectivity index (χ2v) is 11.9. The summed E-state index contributed by atoms with van der Waals surface area (Å²) in [6.07, 6.45) is 2.80. The van der Waals surface area contributed by atoms with E-state index in [2.05, 4.69) is 52.1 Å². The summed E-state index contributed by atoms with van der Waals surface area (Å²) in [5, 5.41) is 23.0. The molecule has 0 saturated heterocycles. The highest BCUT2D eigenvalue weighted by molar-refractivity contribution is 9.09. The maximum Gasteiger partial charge on any atom is 0.407 e. The van der Waals surface area contributed by atoms with Crippen molar-refractivity contribution < 1.29 is 24.2 Å². The highest BCUT2D eigenvalue weighted by atomic mass is 79.9. The Kier molecular flexibility index (Phi) is 10.6. The van der Waals surface area contributed by atoms with E-state index in [0.29, 0.717) is 37.4 Å². The molecule has 0 bridgehead atoms. The Bertz CT molecular complexity index is 1380. The van der Waals surface area contributed by atoms with Gasteiger partial charge in [-0.15, -0.1) is 0 Å². The maximum atomic E-state index is 12.5. The summed E-state index contributed by atoms with van der Waals surface area (Å²) in [5.41, 5.74) is 1.31. The van der Waals surface area contributed by atoms with E-state index in [9.17, 15) is 14.7 Å². The molecule has 1 aliphatic rings. The molecule has 43 heavy (non-hydrogen) atoms. The van der Waals surface area contributed by atoms with Crippen LogP contribution >= 0.6 is 15.9 Å². The van der Waals surface area contributed by atoms with Gasteiger partial charge < -0.3 is 35.8 Å². The van der Waals surface area contributed by atoms with Gasteiger partial charge in [-0.2, -0.15) is 15.0 Å². The number of benzene rings is 2. The third-order valence-electron chi connectivity index (χ3n) is 6.39. The quantitative estimate of drug-likeness (QED) is 0.115. The monoisotopic (exact) mass is 655 g/mol. The average molecular weight is 657 g/mol. The van der Waals surface area contributed by atoms with E-state index in [0.717, 1.165) is 35.9 Å². The first-order valence-electron chi connectivity index (χ1n) is 14.2. The normalized spacial score (nSPS) is 13.5. The standard InChI is InChI=1S/C30H38BrN7O5/c1-29(2,3)43-28(41)33-18-5-17-32-24(39)20-6-10-22(11-7-20)34-25-35-26(37-27(40)36-25)38-30(14-15-30)21-8-12-23(13-9-21)42-19-4-16-31/h6-13H,4-5,14-19H2,1-3H3,(H,32,39)(H,33,41)(H3,34,35,36,37,38,40). The molecule has 1 fully saturated rings. The molecule has 1 saturated carbocycles. The topological polar surface area (TPSA) is 160 Å². The van der Waals surface area contributed by atoms with Gasteiger partial charge in [0.15, 0.2) is 0 Å². The van der Waals surface area contributed by atoms with Gasteiger partial charge in [0.1, 0.15) is 11.4 Å². The van der Waals surface area contributed by atoms with E-state index in [1.54, 1.807) is 45.0 Å².